The van der Waals surface area contributed by atoms with Gasteiger partial charge in [-0.15, -0.1) is 0 Å². The van der Waals surface area contributed by atoms with Gasteiger partial charge in [-0.05, 0) is 57.5 Å². The van der Waals surface area contributed by atoms with Gasteiger partial charge in [0.1, 0.15) is 0 Å². The molecule has 3 nitrogen and oxygen atoms in total. The van der Waals surface area contributed by atoms with Crippen LogP contribution in [0.2, 0.25) is 0 Å². The van der Waals surface area contributed by atoms with Crippen LogP contribution in [-0.4, -0.2) is 44.2 Å². The van der Waals surface area contributed by atoms with Crippen LogP contribution in [0.25, 0.3) is 0 Å². The molecule has 3 rings (SSSR count). The van der Waals surface area contributed by atoms with E-state index < -0.39 is 0 Å². The zero-order chi connectivity index (χ0) is 14.7. The molecule has 0 bridgehead atoms. The highest BCUT2D eigenvalue weighted by Crippen LogP contribution is 2.37. The van der Waals surface area contributed by atoms with E-state index in [1.54, 1.807) is 0 Å². The molecule has 1 aromatic carbocycles. The maximum atomic E-state index is 5.79. The average molecular weight is 287 g/mol. The number of fused-ring (bicyclic) bond motifs is 1. The Bertz CT molecular complexity index is 460. The van der Waals surface area contributed by atoms with E-state index in [0.29, 0.717) is 5.92 Å². The second-order valence-electron chi connectivity index (χ2n) is 6.70. The van der Waals surface area contributed by atoms with Crippen molar-refractivity contribution in [3.8, 4) is 0 Å². The number of piperidine rings is 1. The number of anilines is 1. The minimum absolute atomic E-state index is 0.635. The third-order valence-corrected chi connectivity index (χ3v) is 5.33. The zero-order valence-corrected chi connectivity index (χ0v) is 13.3. The van der Waals surface area contributed by atoms with Gasteiger partial charge in [-0.2, -0.15) is 0 Å². The van der Waals surface area contributed by atoms with Gasteiger partial charge < -0.3 is 15.5 Å². The number of benzene rings is 1. The van der Waals surface area contributed by atoms with Crippen LogP contribution in [0.1, 0.15) is 43.6 Å². The van der Waals surface area contributed by atoms with Gasteiger partial charge in [0.05, 0.1) is 0 Å². The lowest BCUT2D eigenvalue weighted by Crippen LogP contribution is -2.39. The standard InChI is InChI=1S/C18H29N3/c1-20-12-5-4-6-16(20)10-13-21-14-15(9-11-19)17-7-2-3-8-18(17)21/h2-3,7-8,15-16H,4-6,9-14,19H2,1H3. The molecule has 3 heteroatoms. The first-order valence-electron chi connectivity index (χ1n) is 8.53. The molecule has 116 valence electrons. The fourth-order valence-corrected chi connectivity index (χ4v) is 4.06. The molecule has 21 heavy (non-hydrogen) atoms. The van der Waals surface area contributed by atoms with Gasteiger partial charge in [0.15, 0.2) is 0 Å². The predicted octanol–water partition coefficient (Wildman–Crippen LogP) is 2.81. The first-order chi connectivity index (χ1) is 10.3. The summed E-state index contributed by atoms with van der Waals surface area (Å²) in [6.45, 7) is 4.41. The summed E-state index contributed by atoms with van der Waals surface area (Å²) in [6, 6.07) is 9.70. The van der Waals surface area contributed by atoms with Gasteiger partial charge in [0, 0.05) is 30.7 Å². The summed E-state index contributed by atoms with van der Waals surface area (Å²) in [6.07, 6.45) is 6.55. The highest BCUT2D eigenvalue weighted by molar-refractivity contribution is 5.60. The Hall–Kier alpha value is -1.06. The molecule has 2 atom stereocenters. The normalized spacial score (nSPS) is 26.1. The Morgan fingerprint density at radius 3 is 2.86 bits per heavy atom. The number of para-hydroxylation sites is 1. The molecule has 2 aliphatic heterocycles. The van der Waals surface area contributed by atoms with Crippen molar-refractivity contribution < 1.29 is 0 Å². The SMILES string of the molecule is CN1CCCCC1CCN1CC(CCN)c2ccccc21. The molecular weight excluding hydrogens is 258 g/mol. The first-order valence-corrected chi connectivity index (χ1v) is 8.53. The third kappa shape index (κ3) is 3.24. The lowest BCUT2D eigenvalue weighted by atomic mass is 9.98. The average Bonchev–Trinajstić information content (AvgIpc) is 2.85. The highest BCUT2D eigenvalue weighted by atomic mass is 15.2. The third-order valence-electron chi connectivity index (χ3n) is 5.33. The largest absolute Gasteiger partial charge is 0.371 e. The molecule has 0 saturated carbocycles. The molecule has 0 aliphatic carbocycles. The van der Waals surface area contributed by atoms with Crippen LogP contribution >= 0.6 is 0 Å². The number of rotatable bonds is 5. The van der Waals surface area contributed by atoms with Crippen LogP contribution in [0, 0.1) is 0 Å². The molecule has 1 fully saturated rings. The van der Waals surface area contributed by atoms with Crippen molar-refractivity contribution in [1.29, 1.82) is 0 Å². The summed E-state index contributed by atoms with van der Waals surface area (Å²) in [5.41, 5.74) is 8.76. The molecule has 0 radical (unpaired) electrons. The Morgan fingerprint density at radius 1 is 1.19 bits per heavy atom. The van der Waals surface area contributed by atoms with Crippen molar-refractivity contribution in [2.24, 2.45) is 5.73 Å². The van der Waals surface area contributed by atoms with Crippen molar-refractivity contribution in [2.75, 3.05) is 38.1 Å². The van der Waals surface area contributed by atoms with Crippen LogP contribution in [0.3, 0.4) is 0 Å². The fraction of sp³-hybridized carbons (Fsp3) is 0.667. The quantitative estimate of drug-likeness (QED) is 0.904. The minimum atomic E-state index is 0.635. The monoisotopic (exact) mass is 287 g/mol. The van der Waals surface area contributed by atoms with Crippen molar-refractivity contribution in [3.63, 3.8) is 0 Å². The molecule has 2 aliphatic rings. The summed E-state index contributed by atoms with van der Waals surface area (Å²) in [4.78, 5) is 5.15. The summed E-state index contributed by atoms with van der Waals surface area (Å²) in [5.74, 6) is 0.635. The number of likely N-dealkylation sites (tertiary alicyclic amines) is 1. The Labute approximate surface area is 129 Å². The van der Waals surface area contributed by atoms with Gasteiger partial charge in [0.2, 0.25) is 0 Å². The molecule has 2 N–H and O–H groups in total. The van der Waals surface area contributed by atoms with Gasteiger partial charge in [0.25, 0.3) is 0 Å². The van der Waals surface area contributed by atoms with Crippen LogP contribution in [0.4, 0.5) is 5.69 Å². The number of hydrogen-bond acceptors (Lipinski definition) is 3. The van der Waals surface area contributed by atoms with Gasteiger partial charge in [-0.25, -0.2) is 0 Å². The molecule has 0 spiro atoms. The van der Waals surface area contributed by atoms with Crippen LogP contribution in [0.15, 0.2) is 24.3 Å². The topological polar surface area (TPSA) is 32.5 Å². The molecule has 0 aromatic heterocycles. The maximum Gasteiger partial charge on any atom is 0.0402 e. The lowest BCUT2D eigenvalue weighted by molar-refractivity contribution is 0.177. The number of nitrogens with two attached hydrogens (primary N) is 1. The van der Waals surface area contributed by atoms with Crippen molar-refractivity contribution in [1.82, 2.24) is 4.90 Å². The van der Waals surface area contributed by atoms with Crippen LogP contribution < -0.4 is 10.6 Å². The second kappa shape index (κ2) is 6.80. The van der Waals surface area contributed by atoms with E-state index in [1.807, 2.05) is 0 Å². The van der Waals surface area contributed by atoms with E-state index in [2.05, 4.69) is 41.1 Å². The fourth-order valence-electron chi connectivity index (χ4n) is 4.06. The number of hydrogen-bond donors (Lipinski definition) is 1. The van der Waals surface area contributed by atoms with Crippen LogP contribution in [0.5, 0.6) is 0 Å². The smallest absolute Gasteiger partial charge is 0.0402 e. The van der Waals surface area contributed by atoms with E-state index in [4.69, 9.17) is 5.73 Å². The molecule has 1 aromatic rings. The summed E-state index contributed by atoms with van der Waals surface area (Å²) < 4.78 is 0. The molecule has 0 amide bonds. The van der Waals surface area contributed by atoms with Crippen molar-refractivity contribution in [2.45, 2.75) is 44.1 Å². The Kier molecular flexibility index (Phi) is 4.81. The summed E-state index contributed by atoms with van der Waals surface area (Å²) in [5, 5.41) is 0. The molecule has 2 heterocycles. The van der Waals surface area contributed by atoms with E-state index in [1.165, 1.54) is 50.0 Å². The molecule has 2 unspecified atom stereocenters. The van der Waals surface area contributed by atoms with Crippen LogP contribution in [-0.2, 0) is 0 Å². The highest BCUT2D eigenvalue weighted by Gasteiger charge is 2.28. The lowest BCUT2D eigenvalue weighted by Gasteiger charge is -2.34. The molecular formula is C18H29N3. The summed E-state index contributed by atoms with van der Waals surface area (Å²) >= 11 is 0. The number of nitrogens with zero attached hydrogens (tertiary/aromatic N) is 2. The van der Waals surface area contributed by atoms with Crippen molar-refractivity contribution in [3.05, 3.63) is 29.8 Å². The maximum absolute atomic E-state index is 5.79. The molecule has 1 saturated heterocycles. The van der Waals surface area contributed by atoms with Crippen molar-refractivity contribution >= 4 is 5.69 Å². The first kappa shape index (κ1) is 14.9. The van der Waals surface area contributed by atoms with Gasteiger partial charge in [-0.3, -0.25) is 0 Å². The van der Waals surface area contributed by atoms with E-state index in [-0.39, 0.29) is 0 Å². The predicted molar refractivity (Wildman–Crippen MR) is 90.0 cm³/mol. The summed E-state index contributed by atoms with van der Waals surface area (Å²) in [7, 11) is 2.29. The van der Waals surface area contributed by atoms with E-state index >= 15 is 0 Å². The van der Waals surface area contributed by atoms with Gasteiger partial charge in [-0.1, -0.05) is 24.6 Å². The van der Waals surface area contributed by atoms with E-state index in [0.717, 1.165) is 25.6 Å². The second-order valence-corrected chi connectivity index (χ2v) is 6.70. The zero-order valence-electron chi connectivity index (χ0n) is 13.3. The van der Waals surface area contributed by atoms with Gasteiger partial charge >= 0.3 is 0 Å². The minimum Gasteiger partial charge on any atom is -0.371 e. The van der Waals surface area contributed by atoms with E-state index in [9.17, 15) is 0 Å². The Morgan fingerprint density at radius 2 is 2.05 bits per heavy atom. The Balaban J connectivity index is 1.63.